The van der Waals surface area contributed by atoms with Gasteiger partial charge in [0.05, 0.1) is 0 Å². The van der Waals surface area contributed by atoms with Crippen molar-refractivity contribution < 1.29 is 14.3 Å². The summed E-state index contributed by atoms with van der Waals surface area (Å²) in [6, 6.07) is 9.98. The Hall–Kier alpha value is -2.89. The molecule has 6 nitrogen and oxygen atoms in total. The molecule has 0 radical (unpaired) electrons. The first-order valence-electron chi connectivity index (χ1n) is 12.4. The van der Waals surface area contributed by atoms with Crippen molar-refractivity contribution in [3.63, 3.8) is 0 Å². The molecule has 2 aliphatic carbocycles. The van der Waals surface area contributed by atoms with E-state index in [-0.39, 0.29) is 22.3 Å². The van der Waals surface area contributed by atoms with Crippen LogP contribution in [-0.2, 0) is 21.4 Å². The Morgan fingerprint density at radius 1 is 1.21 bits per heavy atom. The minimum Gasteiger partial charge on any atom is -0.452 e. The lowest BCUT2D eigenvalue weighted by molar-refractivity contribution is -0.125. The SMILES string of the molecule is CC(C)c1ccc2c(c1)CCC1C(C)(CNC(=O)COC(=O)c3ccc[nH]c3=O)CCCC21C. The minimum atomic E-state index is -0.793. The van der Waals surface area contributed by atoms with Crippen LogP contribution in [0.2, 0.25) is 0 Å². The van der Waals surface area contributed by atoms with Gasteiger partial charge in [-0.05, 0) is 77.2 Å². The topological polar surface area (TPSA) is 88.3 Å². The number of hydrogen-bond acceptors (Lipinski definition) is 4. The number of fused-ring (bicyclic) bond motifs is 3. The average molecular weight is 465 g/mol. The third-order valence-electron chi connectivity index (χ3n) is 8.23. The predicted molar refractivity (Wildman–Crippen MR) is 132 cm³/mol. The number of amides is 1. The van der Waals surface area contributed by atoms with Gasteiger partial charge in [0, 0.05) is 12.7 Å². The van der Waals surface area contributed by atoms with Gasteiger partial charge in [0.25, 0.3) is 11.5 Å². The van der Waals surface area contributed by atoms with E-state index in [0.29, 0.717) is 18.4 Å². The number of nitrogens with one attached hydrogen (secondary N) is 2. The molecule has 4 rings (SSSR count). The first-order chi connectivity index (χ1) is 16.1. The van der Waals surface area contributed by atoms with E-state index in [0.717, 1.165) is 25.7 Å². The van der Waals surface area contributed by atoms with Crippen LogP contribution in [-0.4, -0.2) is 30.0 Å². The van der Waals surface area contributed by atoms with Crippen LogP contribution < -0.4 is 10.9 Å². The van der Waals surface area contributed by atoms with Gasteiger partial charge in [0.1, 0.15) is 5.56 Å². The molecule has 1 fully saturated rings. The van der Waals surface area contributed by atoms with Gasteiger partial charge < -0.3 is 15.0 Å². The summed E-state index contributed by atoms with van der Waals surface area (Å²) >= 11 is 0. The number of aryl methyl sites for hydroxylation is 1. The molecule has 3 atom stereocenters. The molecule has 2 aliphatic rings. The molecule has 0 saturated heterocycles. The number of pyridine rings is 1. The second-order valence-corrected chi connectivity index (χ2v) is 10.9. The lowest BCUT2D eigenvalue weighted by Gasteiger charge is -2.55. The van der Waals surface area contributed by atoms with Gasteiger partial charge >= 0.3 is 5.97 Å². The van der Waals surface area contributed by atoms with Crippen molar-refractivity contribution in [2.45, 2.75) is 71.1 Å². The molecule has 2 aromatic rings. The summed E-state index contributed by atoms with van der Waals surface area (Å²) in [6.45, 7) is 9.33. The normalized spacial score (nSPS) is 25.9. The third-order valence-corrected chi connectivity index (χ3v) is 8.23. The van der Waals surface area contributed by atoms with E-state index in [4.69, 9.17) is 4.74 Å². The van der Waals surface area contributed by atoms with Crippen molar-refractivity contribution in [3.05, 3.63) is 69.1 Å². The number of carbonyl (C=O) groups excluding carboxylic acids is 2. The fraction of sp³-hybridized carbons (Fsp3) is 0.536. The Bertz CT molecular complexity index is 1140. The smallest absolute Gasteiger partial charge is 0.344 e. The van der Waals surface area contributed by atoms with Crippen LogP contribution in [0.3, 0.4) is 0 Å². The molecule has 1 aromatic heterocycles. The lowest BCUT2D eigenvalue weighted by Crippen LogP contribution is -2.53. The van der Waals surface area contributed by atoms with E-state index >= 15 is 0 Å². The van der Waals surface area contributed by atoms with Crippen LogP contribution in [0.1, 0.15) is 86.3 Å². The molecule has 0 spiro atoms. The molecule has 6 heteroatoms. The highest BCUT2D eigenvalue weighted by molar-refractivity contribution is 5.90. The van der Waals surface area contributed by atoms with Crippen molar-refractivity contribution in [3.8, 4) is 0 Å². The van der Waals surface area contributed by atoms with Crippen molar-refractivity contribution in [2.24, 2.45) is 11.3 Å². The van der Waals surface area contributed by atoms with Crippen LogP contribution in [0.4, 0.5) is 0 Å². The quantitative estimate of drug-likeness (QED) is 0.617. The second-order valence-electron chi connectivity index (χ2n) is 10.9. The molecule has 0 aliphatic heterocycles. The van der Waals surface area contributed by atoms with Crippen LogP contribution in [0.5, 0.6) is 0 Å². The van der Waals surface area contributed by atoms with Crippen LogP contribution in [0.15, 0.2) is 41.3 Å². The molecule has 1 aromatic carbocycles. The molecule has 1 saturated carbocycles. The Kier molecular flexibility index (Phi) is 6.70. The van der Waals surface area contributed by atoms with Gasteiger partial charge in [-0.2, -0.15) is 0 Å². The molecule has 1 heterocycles. The highest BCUT2D eigenvalue weighted by Gasteiger charge is 2.51. The van der Waals surface area contributed by atoms with Crippen molar-refractivity contribution in [2.75, 3.05) is 13.2 Å². The summed E-state index contributed by atoms with van der Waals surface area (Å²) in [5.74, 6) is -0.140. The zero-order valence-electron chi connectivity index (χ0n) is 20.7. The summed E-state index contributed by atoms with van der Waals surface area (Å²) in [5, 5.41) is 3.01. The first kappa shape index (κ1) is 24.2. The molecule has 1 amide bonds. The number of aromatic nitrogens is 1. The Morgan fingerprint density at radius 3 is 2.74 bits per heavy atom. The van der Waals surface area contributed by atoms with E-state index < -0.39 is 18.1 Å². The average Bonchev–Trinajstić information content (AvgIpc) is 2.81. The molecular weight excluding hydrogens is 428 g/mol. The number of aromatic amines is 1. The number of esters is 1. The maximum absolute atomic E-state index is 12.5. The maximum Gasteiger partial charge on any atom is 0.344 e. The number of hydrogen-bond donors (Lipinski definition) is 2. The highest BCUT2D eigenvalue weighted by Crippen LogP contribution is 2.57. The van der Waals surface area contributed by atoms with E-state index in [2.05, 4.69) is 56.2 Å². The summed E-state index contributed by atoms with van der Waals surface area (Å²) in [6.07, 6.45) is 6.98. The van der Waals surface area contributed by atoms with Crippen molar-refractivity contribution >= 4 is 11.9 Å². The predicted octanol–water partition coefficient (Wildman–Crippen LogP) is 4.48. The Balaban J connectivity index is 1.41. The number of H-pyrrole nitrogens is 1. The minimum absolute atomic E-state index is 0.0301. The van der Waals surface area contributed by atoms with Crippen LogP contribution in [0.25, 0.3) is 0 Å². The van der Waals surface area contributed by atoms with Gasteiger partial charge in [0.15, 0.2) is 6.61 Å². The van der Waals surface area contributed by atoms with Gasteiger partial charge in [-0.25, -0.2) is 4.79 Å². The standard InChI is InChI=1S/C28H36N2O4/c1-18(2)19-8-10-22-20(15-19)9-11-23-27(3,12-6-13-28(22,23)4)17-30-24(31)16-34-26(33)21-7-5-14-29-25(21)32/h5,7-8,10,14-15,18,23H,6,9,11-13,16-17H2,1-4H3,(H,29,32)(H,30,31). The molecule has 34 heavy (non-hydrogen) atoms. The van der Waals surface area contributed by atoms with Gasteiger partial charge in [-0.1, -0.05) is 52.3 Å². The van der Waals surface area contributed by atoms with Gasteiger partial charge in [-0.15, -0.1) is 0 Å². The van der Waals surface area contributed by atoms with Crippen molar-refractivity contribution in [1.29, 1.82) is 0 Å². The summed E-state index contributed by atoms with van der Waals surface area (Å²) in [7, 11) is 0. The molecule has 182 valence electrons. The Labute approximate surface area is 201 Å². The zero-order valence-corrected chi connectivity index (χ0v) is 20.7. The number of benzene rings is 1. The number of carbonyl (C=O) groups is 2. The highest BCUT2D eigenvalue weighted by atomic mass is 16.5. The van der Waals surface area contributed by atoms with E-state index in [1.807, 2.05) is 0 Å². The lowest BCUT2D eigenvalue weighted by atomic mass is 9.49. The molecule has 2 N–H and O–H groups in total. The third kappa shape index (κ3) is 4.55. The number of rotatable bonds is 6. The first-order valence-corrected chi connectivity index (χ1v) is 12.4. The van der Waals surface area contributed by atoms with E-state index in [9.17, 15) is 14.4 Å². The summed E-state index contributed by atoms with van der Waals surface area (Å²) in [4.78, 5) is 38.8. The van der Waals surface area contributed by atoms with E-state index in [1.54, 1.807) is 6.07 Å². The largest absolute Gasteiger partial charge is 0.452 e. The Morgan fingerprint density at radius 2 is 2.00 bits per heavy atom. The second kappa shape index (κ2) is 9.40. The van der Waals surface area contributed by atoms with Gasteiger partial charge in [0.2, 0.25) is 0 Å². The van der Waals surface area contributed by atoms with Crippen LogP contribution in [0, 0.1) is 11.3 Å². The molecule has 0 bridgehead atoms. The summed E-state index contributed by atoms with van der Waals surface area (Å²) in [5.41, 5.74) is 3.80. The monoisotopic (exact) mass is 464 g/mol. The number of ether oxygens (including phenoxy) is 1. The molecular formula is C28H36N2O4. The van der Waals surface area contributed by atoms with Crippen molar-refractivity contribution in [1.82, 2.24) is 10.3 Å². The zero-order chi connectivity index (χ0) is 24.5. The van der Waals surface area contributed by atoms with Gasteiger partial charge in [-0.3, -0.25) is 9.59 Å². The van der Waals surface area contributed by atoms with E-state index in [1.165, 1.54) is 35.4 Å². The fourth-order valence-corrected chi connectivity index (χ4v) is 6.36. The summed E-state index contributed by atoms with van der Waals surface area (Å²) < 4.78 is 5.08. The molecule has 3 unspecified atom stereocenters. The van der Waals surface area contributed by atoms with Crippen LogP contribution >= 0.6 is 0 Å². The maximum atomic E-state index is 12.5. The fourth-order valence-electron chi connectivity index (χ4n) is 6.36.